The Balaban J connectivity index is 2.57. The lowest BCUT2D eigenvalue weighted by Gasteiger charge is -2.04. The molecule has 0 aromatic carbocycles. The molecule has 0 atom stereocenters. The third kappa shape index (κ3) is 1.70. The van der Waals surface area contributed by atoms with E-state index in [-0.39, 0.29) is 11.5 Å². The van der Waals surface area contributed by atoms with E-state index < -0.39 is 0 Å². The Morgan fingerprint density at radius 2 is 2.19 bits per heavy atom. The number of amidine groups is 1. The largest absolute Gasteiger partial charge is 0.409 e. The highest BCUT2D eigenvalue weighted by Crippen LogP contribution is 2.08. The maximum absolute atomic E-state index is 8.63. The van der Waals surface area contributed by atoms with Crippen molar-refractivity contribution in [3.05, 3.63) is 36.0 Å². The van der Waals surface area contributed by atoms with Crippen LogP contribution in [0, 0.1) is 6.92 Å². The molecule has 7 nitrogen and oxygen atoms in total. The molecule has 2 rings (SSSR count). The molecule has 0 spiro atoms. The lowest BCUT2D eigenvalue weighted by Crippen LogP contribution is -2.19. The van der Waals surface area contributed by atoms with Crippen molar-refractivity contribution in [3.8, 4) is 5.82 Å². The lowest BCUT2D eigenvalue weighted by atomic mass is 10.3. The number of aryl methyl sites for hydroxylation is 1. The molecule has 0 aliphatic rings. The van der Waals surface area contributed by atoms with Crippen LogP contribution in [0.15, 0.2) is 29.9 Å². The summed E-state index contributed by atoms with van der Waals surface area (Å²) in [5, 5.41) is 15.6. The third-order valence-corrected chi connectivity index (χ3v) is 1.96. The molecule has 0 aliphatic carbocycles. The molecule has 0 saturated carbocycles. The number of oxime groups is 1. The van der Waals surface area contributed by atoms with E-state index in [0.29, 0.717) is 5.82 Å². The fourth-order valence-electron chi connectivity index (χ4n) is 1.26. The zero-order valence-electron chi connectivity index (χ0n) is 8.57. The molecule has 0 amide bonds. The average molecular weight is 218 g/mol. The standard InChI is InChI=1S/C9H10N6O/c1-6-4-13-15(5-6)9-7(8(10)14-16)11-2-3-12-9/h2-5,16H,1H3,(H2,10,14). The van der Waals surface area contributed by atoms with Crippen molar-refractivity contribution >= 4 is 5.84 Å². The zero-order chi connectivity index (χ0) is 11.5. The molecule has 82 valence electrons. The van der Waals surface area contributed by atoms with Crippen molar-refractivity contribution in [2.75, 3.05) is 0 Å². The number of nitrogens with zero attached hydrogens (tertiary/aromatic N) is 5. The van der Waals surface area contributed by atoms with Gasteiger partial charge in [-0.25, -0.2) is 14.6 Å². The Morgan fingerprint density at radius 1 is 1.44 bits per heavy atom. The molecule has 0 bridgehead atoms. The summed E-state index contributed by atoms with van der Waals surface area (Å²) in [4.78, 5) is 8.09. The SMILES string of the molecule is Cc1cnn(-c2nccnc2C(N)=NO)c1. The van der Waals surface area contributed by atoms with Gasteiger partial charge in [0.1, 0.15) is 0 Å². The Bertz CT molecular complexity index is 532. The summed E-state index contributed by atoms with van der Waals surface area (Å²) in [7, 11) is 0. The monoisotopic (exact) mass is 218 g/mol. The van der Waals surface area contributed by atoms with Crippen LogP contribution in [0.2, 0.25) is 0 Å². The molecule has 16 heavy (non-hydrogen) atoms. The predicted molar refractivity (Wildman–Crippen MR) is 56.4 cm³/mol. The fraction of sp³-hybridized carbons (Fsp3) is 0.111. The molecule has 0 fully saturated rings. The van der Waals surface area contributed by atoms with Crippen LogP contribution < -0.4 is 5.73 Å². The molecule has 0 radical (unpaired) electrons. The van der Waals surface area contributed by atoms with E-state index in [1.807, 2.05) is 6.92 Å². The summed E-state index contributed by atoms with van der Waals surface area (Å²) >= 11 is 0. The summed E-state index contributed by atoms with van der Waals surface area (Å²) in [5.41, 5.74) is 6.76. The first-order valence-electron chi connectivity index (χ1n) is 4.53. The second kappa shape index (κ2) is 3.97. The molecule has 2 aromatic heterocycles. The van der Waals surface area contributed by atoms with Crippen LogP contribution in [0.4, 0.5) is 0 Å². The highest BCUT2D eigenvalue weighted by molar-refractivity contribution is 5.97. The summed E-state index contributed by atoms with van der Waals surface area (Å²) in [6, 6.07) is 0. The molecule has 7 heteroatoms. The maximum atomic E-state index is 8.63. The van der Waals surface area contributed by atoms with Crippen LogP contribution in [0.25, 0.3) is 5.82 Å². The highest BCUT2D eigenvalue weighted by atomic mass is 16.4. The first-order chi connectivity index (χ1) is 7.72. The van der Waals surface area contributed by atoms with Gasteiger partial charge >= 0.3 is 0 Å². The van der Waals surface area contributed by atoms with Crippen LogP contribution in [0.5, 0.6) is 0 Å². The van der Waals surface area contributed by atoms with Gasteiger partial charge in [-0.05, 0) is 12.5 Å². The quantitative estimate of drug-likeness (QED) is 0.321. The number of hydrogen-bond donors (Lipinski definition) is 2. The molecule has 2 aromatic rings. The Morgan fingerprint density at radius 3 is 2.81 bits per heavy atom. The van der Waals surface area contributed by atoms with Crippen molar-refractivity contribution in [1.82, 2.24) is 19.7 Å². The minimum absolute atomic E-state index is 0.101. The van der Waals surface area contributed by atoms with Gasteiger partial charge in [0.2, 0.25) is 0 Å². The molecular formula is C9H10N6O. The fourth-order valence-corrected chi connectivity index (χ4v) is 1.26. The van der Waals surface area contributed by atoms with Crippen LogP contribution in [-0.4, -0.2) is 30.8 Å². The van der Waals surface area contributed by atoms with Gasteiger partial charge in [-0.15, -0.1) is 0 Å². The van der Waals surface area contributed by atoms with Crippen LogP contribution in [0.1, 0.15) is 11.3 Å². The molecule has 0 aliphatic heterocycles. The van der Waals surface area contributed by atoms with Gasteiger partial charge in [0.15, 0.2) is 17.3 Å². The Kier molecular flexibility index (Phi) is 2.50. The number of hydrogen-bond acceptors (Lipinski definition) is 5. The van der Waals surface area contributed by atoms with E-state index in [9.17, 15) is 0 Å². The smallest absolute Gasteiger partial charge is 0.192 e. The van der Waals surface area contributed by atoms with E-state index >= 15 is 0 Å². The number of nitrogens with two attached hydrogens (primary N) is 1. The van der Waals surface area contributed by atoms with Gasteiger partial charge in [0.05, 0.1) is 6.20 Å². The zero-order valence-corrected chi connectivity index (χ0v) is 8.57. The van der Waals surface area contributed by atoms with E-state index in [1.54, 1.807) is 12.4 Å². The highest BCUT2D eigenvalue weighted by Gasteiger charge is 2.11. The Hall–Kier alpha value is -2.44. The van der Waals surface area contributed by atoms with Crippen molar-refractivity contribution in [3.63, 3.8) is 0 Å². The topological polar surface area (TPSA) is 102 Å². The minimum atomic E-state index is -0.101. The summed E-state index contributed by atoms with van der Waals surface area (Å²) in [6.45, 7) is 1.91. The van der Waals surface area contributed by atoms with Crippen molar-refractivity contribution < 1.29 is 5.21 Å². The van der Waals surface area contributed by atoms with Gasteiger partial charge < -0.3 is 10.9 Å². The number of rotatable bonds is 2. The van der Waals surface area contributed by atoms with E-state index in [4.69, 9.17) is 10.9 Å². The minimum Gasteiger partial charge on any atom is -0.409 e. The number of aromatic nitrogens is 4. The maximum Gasteiger partial charge on any atom is 0.192 e. The summed E-state index contributed by atoms with van der Waals surface area (Å²) in [5.74, 6) is 0.321. The lowest BCUT2D eigenvalue weighted by molar-refractivity contribution is 0.318. The second-order valence-electron chi connectivity index (χ2n) is 3.18. The van der Waals surface area contributed by atoms with Crippen LogP contribution in [-0.2, 0) is 0 Å². The Labute approximate surface area is 91.2 Å². The summed E-state index contributed by atoms with van der Waals surface area (Å²) in [6.07, 6.45) is 6.44. The molecule has 3 N–H and O–H groups in total. The van der Waals surface area contributed by atoms with Gasteiger partial charge in [-0.3, -0.25) is 0 Å². The second-order valence-corrected chi connectivity index (χ2v) is 3.18. The van der Waals surface area contributed by atoms with E-state index in [2.05, 4.69) is 20.2 Å². The van der Waals surface area contributed by atoms with Gasteiger partial charge in [0, 0.05) is 18.6 Å². The van der Waals surface area contributed by atoms with Crippen LogP contribution >= 0.6 is 0 Å². The van der Waals surface area contributed by atoms with Crippen molar-refractivity contribution in [1.29, 1.82) is 0 Å². The third-order valence-electron chi connectivity index (χ3n) is 1.96. The van der Waals surface area contributed by atoms with Crippen molar-refractivity contribution in [2.45, 2.75) is 6.92 Å². The first kappa shape index (κ1) is 10.1. The average Bonchev–Trinajstić information content (AvgIpc) is 2.75. The molecule has 2 heterocycles. The molecular weight excluding hydrogens is 208 g/mol. The molecule has 0 unspecified atom stereocenters. The van der Waals surface area contributed by atoms with E-state index in [1.165, 1.54) is 17.1 Å². The normalized spacial score (nSPS) is 11.7. The van der Waals surface area contributed by atoms with Crippen LogP contribution in [0.3, 0.4) is 0 Å². The van der Waals surface area contributed by atoms with E-state index in [0.717, 1.165) is 5.56 Å². The van der Waals surface area contributed by atoms with Crippen molar-refractivity contribution in [2.24, 2.45) is 10.9 Å². The van der Waals surface area contributed by atoms with Gasteiger partial charge in [-0.2, -0.15) is 5.10 Å². The first-order valence-corrected chi connectivity index (χ1v) is 4.53. The van der Waals surface area contributed by atoms with Gasteiger partial charge in [0.25, 0.3) is 0 Å². The van der Waals surface area contributed by atoms with Gasteiger partial charge in [-0.1, -0.05) is 5.16 Å². The predicted octanol–water partition coefficient (Wildman–Crippen LogP) is 0.0652. The molecule has 0 saturated heterocycles. The summed E-state index contributed by atoms with van der Waals surface area (Å²) < 4.78 is 1.52.